The fraction of sp³-hybridized carbons (Fsp3) is 0.300. The number of aliphatic imine (C=N–C) groups is 2. The summed E-state index contributed by atoms with van der Waals surface area (Å²) in [7, 11) is -4.73. The molecule has 0 bridgehead atoms. The summed E-state index contributed by atoms with van der Waals surface area (Å²) in [5.41, 5.74) is 11.7. The van der Waals surface area contributed by atoms with Gasteiger partial charge in [-0.2, -0.15) is 13.4 Å². The summed E-state index contributed by atoms with van der Waals surface area (Å²) in [5.74, 6) is 1.18. The summed E-state index contributed by atoms with van der Waals surface area (Å²) in [6.07, 6.45) is 0.517. The Hall–Kier alpha value is -2.76. The minimum Gasteiger partial charge on any atom is -0.493 e. The lowest BCUT2D eigenvalue weighted by Gasteiger charge is -2.38. The van der Waals surface area contributed by atoms with Gasteiger partial charge in [0.05, 0.1) is 28.8 Å². The lowest BCUT2D eigenvalue weighted by Crippen LogP contribution is -2.54. The zero-order valence-electron chi connectivity index (χ0n) is 17.9. The van der Waals surface area contributed by atoms with Crippen LogP contribution in [-0.4, -0.2) is 39.2 Å². The van der Waals surface area contributed by atoms with Crippen molar-refractivity contribution in [3.8, 4) is 11.5 Å². The third-order valence-electron chi connectivity index (χ3n) is 4.49. The van der Waals surface area contributed by atoms with E-state index >= 15 is 0 Å². The molecule has 180 valence electrons. The molecule has 1 aliphatic rings. The summed E-state index contributed by atoms with van der Waals surface area (Å²) >= 11 is 6.26. The Kier molecular flexibility index (Phi) is 8.39. The summed E-state index contributed by atoms with van der Waals surface area (Å²) in [6.45, 7) is 4.30. The van der Waals surface area contributed by atoms with Crippen molar-refractivity contribution in [3.63, 3.8) is 0 Å². The van der Waals surface area contributed by atoms with Gasteiger partial charge in [0.1, 0.15) is 17.2 Å². The van der Waals surface area contributed by atoms with E-state index in [0.29, 0.717) is 41.8 Å². The number of hydrogen-bond donors (Lipinski definition) is 2. The van der Waals surface area contributed by atoms with E-state index in [2.05, 4.69) is 9.98 Å². The predicted octanol–water partition coefficient (Wildman–Crippen LogP) is 3.45. The Morgan fingerprint density at radius 1 is 1.09 bits per heavy atom. The van der Waals surface area contributed by atoms with E-state index in [1.54, 1.807) is 23.1 Å². The number of rotatable bonds is 8. The summed E-state index contributed by atoms with van der Waals surface area (Å²) in [5, 5.41) is 0.422. The van der Waals surface area contributed by atoms with Crippen LogP contribution in [-0.2, 0) is 10.2 Å². The smallest absolute Gasteiger partial charge is 0.332 e. The maximum absolute atomic E-state index is 12.9. The van der Waals surface area contributed by atoms with Crippen molar-refractivity contribution in [3.05, 3.63) is 47.5 Å². The van der Waals surface area contributed by atoms with E-state index in [9.17, 15) is 12.3 Å². The molecule has 0 unspecified atom stereocenters. The molecule has 0 aliphatic carbocycles. The first-order valence-corrected chi connectivity index (χ1v) is 11.3. The van der Waals surface area contributed by atoms with Crippen LogP contribution in [0.15, 0.2) is 57.3 Å². The summed E-state index contributed by atoms with van der Waals surface area (Å²) in [6, 6.07) is 10.3. The molecule has 0 amide bonds. The van der Waals surface area contributed by atoms with Gasteiger partial charge < -0.3 is 20.9 Å². The quantitative estimate of drug-likeness (QED) is 0.402. The average Bonchev–Trinajstić information content (AvgIpc) is 2.68. The highest BCUT2D eigenvalue weighted by Gasteiger charge is 2.33. The Labute approximate surface area is 202 Å². The predicted molar refractivity (Wildman–Crippen MR) is 129 cm³/mol. The molecule has 13 heteroatoms. The molecular weight excluding hydrogens is 496 g/mol. The van der Waals surface area contributed by atoms with Crippen LogP contribution in [0.2, 0.25) is 5.02 Å². The van der Waals surface area contributed by atoms with Crippen LogP contribution in [0.25, 0.3) is 0 Å². The van der Waals surface area contributed by atoms with Gasteiger partial charge in [0.15, 0.2) is 0 Å². The van der Waals surface area contributed by atoms with Crippen LogP contribution < -0.4 is 25.8 Å². The molecule has 0 fully saturated rings. The van der Waals surface area contributed by atoms with Gasteiger partial charge in [-0.3, -0.25) is 4.90 Å². The van der Waals surface area contributed by atoms with Gasteiger partial charge in [-0.1, -0.05) is 11.6 Å². The molecule has 0 radical (unpaired) electrons. The van der Waals surface area contributed by atoms with Crippen LogP contribution in [0.1, 0.15) is 20.3 Å². The van der Waals surface area contributed by atoms with E-state index in [-0.39, 0.29) is 24.3 Å². The van der Waals surface area contributed by atoms with Crippen molar-refractivity contribution in [2.45, 2.75) is 30.8 Å². The standard InChI is InChI=1S/C20H23ClFN5O4S.ClH/c1-20(2)26-18(23)25-19(24)27(20)13-4-9-16(21)17(12-13)31-11-3-10-30-14-5-7-15(8-6-14)32(22,28)29;/h4-9,12H,3,10-11H2,1-2H3,(H4,23,24,25,26);1H. The van der Waals surface area contributed by atoms with E-state index in [0.717, 1.165) is 12.1 Å². The first-order valence-electron chi connectivity index (χ1n) is 9.57. The van der Waals surface area contributed by atoms with Gasteiger partial charge in [-0.15, -0.1) is 16.3 Å². The zero-order chi connectivity index (χ0) is 23.5. The van der Waals surface area contributed by atoms with Gasteiger partial charge in [0.25, 0.3) is 0 Å². The molecule has 2 aromatic rings. The highest BCUT2D eigenvalue weighted by atomic mass is 35.5. The van der Waals surface area contributed by atoms with Crippen LogP contribution >= 0.6 is 24.0 Å². The number of nitrogens with two attached hydrogens (primary N) is 2. The SMILES string of the molecule is CC1(C)N=C(N)N=C(N)N1c1ccc(Cl)c(OCCCOc2ccc(S(=O)(=O)F)cc2)c1.Cl. The van der Waals surface area contributed by atoms with E-state index in [1.807, 2.05) is 13.8 Å². The zero-order valence-corrected chi connectivity index (χ0v) is 20.3. The fourth-order valence-electron chi connectivity index (χ4n) is 3.12. The molecule has 1 aliphatic heterocycles. The monoisotopic (exact) mass is 519 g/mol. The van der Waals surface area contributed by atoms with E-state index < -0.39 is 20.8 Å². The van der Waals surface area contributed by atoms with Gasteiger partial charge in [-0.05, 0) is 50.2 Å². The fourth-order valence-corrected chi connectivity index (χ4v) is 3.76. The maximum atomic E-state index is 12.9. The van der Waals surface area contributed by atoms with Crippen molar-refractivity contribution < 1.29 is 21.8 Å². The molecule has 0 saturated carbocycles. The first kappa shape index (κ1) is 26.5. The number of nitrogens with zero attached hydrogens (tertiary/aromatic N) is 3. The third-order valence-corrected chi connectivity index (χ3v) is 5.63. The Bertz CT molecular complexity index is 1160. The number of guanidine groups is 2. The Balaban J connectivity index is 0.00000385. The molecule has 9 nitrogen and oxygen atoms in total. The summed E-state index contributed by atoms with van der Waals surface area (Å²) < 4.78 is 45.9. The van der Waals surface area contributed by atoms with Gasteiger partial charge in [0.2, 0.25) is 11.9 Å². The van der Waals surface area contributed by atoms with Gasteiger partial charge >= 0.3 is 10.2 Å². The molecule has 2 aromatic carbocycles. The lowest BCUT2D eigenvalue weighted by molar-refractivity contribution is 0.247. The third kappa shape index (κ3) is 6.62. The number of hydrogen-bond acceptors (Lipinski definition) is 9. The molecule has 0 aromatic heterocycles. The second kappa shape index (κ2) is 10.4. The molecule has 0 spiro atoms. The second-order valence-electron chi connectivity index (χ2n) is 7.34. The van der Waals surface area contributed by atoms with Crippen LogP contribution in [0, 0.1) is 0 Å². The summed E-state index contributed by atoms with van der Waals surface area (Å²) in [4.78, 5) is 9.64. The molecular formula is C20H24Cl2FN5O4S. The largest absolute Gasteiger partial charge is 0.493 e. The molecule has 33 heavy (non-hydrogen) atoms. The first-order chi connectivity index (χ1) is 15.0. The molecule has 4 N–H and O–H groups in total. The van der Waals surface area contributed by atoms with Crippen LogP contribution in [0.3, 0.4) is 0 Å². The van der Waals surface area contributed by atoms with Crippen molar-refractivity contribution in [1.29, 1.82) is 0 Å². The van der Waals surface area contributed by atoms with Crippen LogP contribution in [0.4, 0.5) is 9.57 Å². The van der Waals surface area contributed by atoms with Crippen LogP contribution in [0.5, 0.6) is 11.5 Å². The van der Waals surface area contributed by atoms with Crippen molar-refractivity contribution in [2.75, 3.05) is 18.1 Å². The number of halogens is 3. The Morgan fingerprint density at radius 3 is 2.33 bits per heavy atom. The molecule has 1 heterocycles. The highest BCUT2D eigenvalue weighted by molar-refractivity contribution is 7.86. The lowest BCUT2D eigenvalue weighted by atomic mass is 10.1. The van der Waals surface area contributed by atoms with Gasteiger partial charge in [0, 0.05) is 12.5 Å². The van der Waals surface area contributed by atoms with Crippen molar-refractivity contribution in [1.82, 2.24) is 0 Å². The number of benzene rings is 2. The van der Waals surface area contributed by atoms with Crippen molar-refractivity contribution >= 4 is 51.8 Å². The number of anilines is 1. The van der Waals surface area contributed by atoms with E-state index in [4.69, 9.17) is 32.5 Å². The van der Waals surface area contributed by atoms with Gasteiger partial charge in [-0.25, -0.2) is 4.99 Å². The normalized spacial score (nSPS) is 15.2. The number of ether oxygens (including phenoxy) is 2. The maximum Gasteiger partial charge on any atom is 0.332 e. The Morgan fingerprint density at radius 2 is 1.73 bits per heavy atom. The van der Waals surface area contributed by atoms with E-state index in [1.165, 1.54) is 12.1 Å². The minimum absolute atomic E-state index is 0. The molecule has 0 saturated heterocycles. The topological polar surface area (TPSA) is 133 Å². The minimum atomic E-state index is -4.73. The van der Waals surface area contributed by atoms with Crippen molar-refractivity contribution in [2.24, 2.45) is 21.5 Å². The molecule has 3 rings (SSSR count). The highest BCUT2D eigenvalue weighted by Crippen LogP contribution is 2.34. The second-order valence-corrected chi connectivity index (χ2v) is 9.10. The molecule has 0 atom stereocenters. The average molecular weight is 520 g/mol.